The Morgan fingerprint density at radius 3 is 2.82 bits per heavy atom. The molecule has 1 unspecified atom stereocenters. The first-order valence-corrected chi connectivity index (χ1v) is 8.72. The molecule has 3 N–H and O–H groups in total. The molecule has 0 radical (unpaired) electrons. The predicted molar refractivity (Wildman–Crippen MR) is 86.1 cm³/mol. The van der Waals surface area contributed by atoms with Crippen LogP contribution in [0.1, 0.15) is 69.4 Å². The molecule has 5 nitrogen and oxygen atoms in total. The van der Waals surface area contributed by atoms with Crippen molar-refractivity contribution in [1.29, 1.82) is 0 Å². The number of carbonyl (C=O) groups excluding carboxylic acids is 1. The maximum Gasteiger partial charge on any atom is 0.223 e. The molecule has 2 aliphatic rings. The van der Waals surface area contributed by atoms with Crippen LogP contribution in [0.3, 0.4) is 0 Å². The van der Waals surface area contributed by atoms with Crippen LogP contribution in [-0.4, -0.2) is 34.1 Å². The second-order valence-corrected chi connectivity index (χ2v) is 7.07. The number of hydrogen-bond acceptors (Lipinski definition) is 3. The molecule has 122 valence electrons. The summed E-state index contributed by atoms with van der Waals surface area (Å²) in [6.45, 7) is 1.51. The van der Waals surface area contributed by atoms with E-state index in [1.54, 1.807) is 0 Å². The lowest BCUT2D eigenvalue weighted by atomic mass is 9.71. The minimum absolute atomic E-state index is 0.0493. The number of nitrogens with one attached hydrogen (secondary N) is 1. The minimum Gasteiger partial charge on any atom is -0.336 e. The van der Waals surface area contributed by atoms with Gasteiger partial charge >= 0.3 is 0 Å². The minimum atomic E-state index is 0.0493. The summed E-state index contributed by atoms with van der Waals surface area (Å²) in [6.07, 6.45) is 13.7. The van der Waals surface area contributed by atoms with Crippen LogP contribution < -0.4 is 5.73 Å². The lowest BCUT2D eigenvalue weighted by Gasteiger charge is -2.40. The Bertz CT molecular complexity index is 479. The van der Waals surface area contributed by atoms with Crippen molar-refractivity contribution in [1.82, 2.24) is 15.1 Å². The van der Waals surface area contributed by atoms with Gasteiger partial charge in [0, 0.05) is 24.7 Å². The summed E-state index contributed by atoms with van der Waals surface area (Å²) in [5.41, 5.74) is 7.25. The first-order valence-electron chi connectivity index (χ1n) is 8.72. The van der Waals surface area contributed by atoms with E-state index in [9.17, 15) is 4.79 Å². The third-order valence-electron chi connectivity index (χ3n) is 5.60. The molecule has 3 rings (SSSR count). The maximum absolute atomic E-state index is 13.0. The largest absolute Gasteiger partial charge is 0.336 e. The molecule has 1 aromatic heterocycles. The van der Waals surface area contributed by atoms with E-state index in [2.05, 4.69) is 15.1 Å². The highest BCUT2D eigenvalue weighted by molar-refractivity contribution is 5.77. The first-order chi connectivity index (χ1) is 10.7. The van der Waals surface area contributed by atoms with Gasteiger partial charge in [0.2, 0.25) is 5.91 Å². The summed E-state index contributed by atoms with van der Waals surface area (Å²) in [5, 5.41) is 6.93. The number of aromatic amines is 1. The molecule has 5 heteroatoms. The van der Waals surface area contributed by atoms with Crippen LogP contribution in [0.2, 0.25) is 0 Å². The average molecular weight is 304 g/mol. The zero-order valence-electron chi connectivity index (χ0n) is 13.4. The number of likely N-dealkylation sites (tertiary alicyclic amines) is 1. The van der Waals surface area contributed by atoms with Gasteiger partial charge in [-0.15, -0.1) is 0 Å². The quantitative estimate of drug-likeness (QED) is 0.898. The molecule has 0 spiro atoms. The molecular weight excluding hydrogens is 276 g/mol. The van der Waals surface area contributed by atoms with E-state index < -0.39 is 0 Å². The van der Waals surface area contributed by atoms with Gasteiger partial charge in [-0.1, -0.05) is 19.3 Å². The van der Waals surface area contributed by atoms with Gasteiger partial charge in [0.1, 0.15) is 0 Å². The van der Waals surface area contributed by atoms with Gasteiger partial charge in [-0.05, 0) is 44.1 Å². The molecule has 1 aliphatic heterocycles. The highest BCUT2D eigenvalue weighted by Gasteiger charge is 2.37. The van der Waals surface area contributed by atoms with Crippen molar-refractivity contribution in [2.45, 2.75) is 63.8 Å². The van der Waals surface area contributed by atoms with Crippen molar-refractivity contribution < 1.29 is 4.79 Å². The average Bonchev–Trinajstić information content (AvgIpc) is 3.10. The Kier molecular flexibility index (Phi) is 4.81. The van der Waals surface area contributed by atoms with Crippen LogP contribution in [0.4, 0.5) is 0 Å². The van der Waals surface area contributed by atoms with E-state index in [-0.39, 0.29) is 11.5 Å². The number of hydrogen-bond donors (Lipinski definition) is 2. The van der Waals surface area contributed by atoms with Crippen molar-refractivity contribution >= 4 is 5.91 Å². The highest BCUT2D eigenvalue weighted by Crippen LogP contribution is 2.40. The zero-order valence-corrected chi connectivity index (χ0v) is 13.4. The van der Waals surface area contributed by atoms with Gasteiger partial charge in [-0.3, -0.25) is 9.89 Å². The van der Waals surface area contributed by atoms with E-state index in [1.807, 2.05) is 12.4 Å². The van der Waals surface area contributed by atoms with E-state index in [4.69, 9.17) is 5.73 Å². The monoisotopic (exact) mass is 304 g/mol. The molecule has 22 heavy (non-hydrogen) atoms. The molecule has 0 bridgehead atoms. The molecule has 1 aromatic rings. The molecule has 1 amide bonds. The van der Waals surface area contributed by atoms with E-state index >= 15 is 0 Å². The molecular formula is C17H28N4O. The van der Waals surface area contributed by atoms with Gasteiger partial charge in [0.05, 0.1) is 12.2 Å². The van der Waals surface area contributed by atoms with Crippen molar-refractivity contribution in [2.24, 2.45) is 11.1 Å². The smallest absolute Gasteiger partial charge is 0.223 e. The number of nitrogens with zero attached hydrogens (tertiary/aromatic N) is 2. The van der Waals surface area contributed by atoms with Gasteiger partial charge in [0.25, 0.3) is 0 Å². The fraction of sp³-hybridized carbons (Fsp3) is 0.765. The number of H-pyrrole nitrogens is 1. The summed E-state index contributed by atoms with van der Waals surface area (Å²) in [6, 6.07) is 0.193. The topological polar surface area (TPSA) is 75.0 Å². The first kappa shape index (κ1) is 15.5. The summed E-state index contributed by atoms with van der Waals surface area (Å²) in [5.74, 6) is 0.290. The van der Waals surface area contributed by atoms with Crippen molar-refractivity contribution in [3.8, 4) is 0 Å². The van der Waals surface area contributed by atoms with Crippen LogP contribution >= 0.6 is 0 Å². The van der Waals surface area contributed by atoms with Crippen molar-refractivity contribution in [3.05, 3.63) is 18.0 Å². The second-order valence-electron chi connectivity index (χ2n) is 7.07. The normalized spacial score (nSPS) is 25.1. The van der Waals surface area contributed by atoms with E-state index in [1.165, 1.54) is 25.7 Å². The van der Waals surface area contributed by atoms with Crippen LogP contribution in [0.25, 0.3) is 0 Å². The molecule has 1 atom stereocenters. The van der Waals surface area contributed by atoms with Crippen molar-refractivity contribution in [3.63, 3.8) is 0 Å². The van der Waals surface area contributed by atoms with Gasteiger partial charge < -0.3 is 10.6 Å². The Morgan fingerprint density at radius 1 is 1.32 bits per heavy atom. The van der Waals surface area contributed by atoms with E-state index in [0.717, 1.165) is 37.8 Å². The molecule has 1 saturated carbocycles. The SMILES string of the molecule is NCC1(CC(=O)N2CCCCC2c2cn[nH]c2)CCCCC1. The third-order valence-corrected chi connectivity index (χ3v) is 5.60. The number of rotatable bonds is 4. The summed E-state index contributed by atoms with van der Waals surface area (Å²) in [4.78, 5) is 15.1. The number of piperidine rings is 1. The van der Waals surface area contributed by atoms with Crippen LogP contribution in [0, 0.1) is 5.41 Å². The number of amides is 1. The standard InChI is InChI=1S/C17H28N4O/c18-13-17(7-3-1-4-8-17)10-16(22)21-9-5-2-6-15(21)14-11-19-20-12-14/h11-12,15H,1-10,13,18H2,(H,19,20). The summed E-state index contributed by atoms with van der Waals surface area (Å²) in [7, 11) is 0. The fourth-order valence-corrected chi connectivity index (χ4v) is 4.20. The van der Waals surface area contributed by atoms with Gasteiger partial charge in [0.15, 0.2) is 0 Å². The van der Waals surface area contributed by atoms with Crippen LogP contribution in [-0.2, 0) is 4.79 Å². The van der Waals surface area contributed by atoms with Gasteiger partial charge in [-0.2, -0.15) is 5.10 Å². The summed E-state index contributed by atoms with van der Waals surface area (Å²) >= 11 is 0. The van der Waals surface area contributed by atoms with E-state index in [0.29, 0.717) is 18.9 Å². The zero-order chi connectivity index (χ0) is 15.4. The third kappa shape index (κ3) is 3.19. The second kappa shape index (κ2) is 6.82. The Morgan fingerprint density at radius 2 is 2.14 bits per heavy atom. The summed E-state index contributed by atoms with van der Waals surface area (Å²) < 4.78 is 0. The van der Waals surface area contributed by atoms with Crippen molar-refractivity contribution in [2.75, 3.05) is 13.1 Å². The Hall–Kier alpha value is -1.36. The number of aromatic nitrogens is 2. The number of nitrogens with two attached hydrogens (primary N) is 1. The Balaban J connectivity index is 1.71. The fourth-order valence-electron chi connectivity index (χ4n) is 4.20. The van der Waals surface area contributed by atoms with Crippen LogP contribution in [0.15, 0.2) is 12.4 Å². The molecule has 2 fully saturated rings. The van der Waals surface area contributed by atoms with Crippen LogP contribution in [0.5, 0.6) is 0 Å². The molecule has 1 saturated heterocycles. The Labute approximate surface area is 132 Å². The molecule has 1 aliphatic carbocycles. The number of carbonyl (C=O) groups is 1. The lowest BCUT2D eigenvalue weighted by Crippen LogP contribution is -2.43. The molecule has 2 heterocycles. The van der Waals surface area contributed by atoms with Gasteiger partial charge in [-0.25, -0.2) is 0 Å². The highest BCUT2D eigenvalue weighted by atomic mass is 16.2. The maximum atomic E-state index is 13.0. The molecule has 0 aromatic carbocycles. The lowest BCUT2D eigenvalue weighted by molar-refractivity contribution is -0.138. The predicted octanol–water partition coefficient (Wildman–Crippen LogP) is 2.76.